The number of hydrogen-bond acceptors (Lipinski definition) is 4. The molecule has 0 amide bonds. The Labute approximate surface area is 96.0 Å². The van der Waals surface area contributed by atoms with E-state index in [1.54, 1.807) is 6.07 Å². The van der Waals surface area contributed by atoms with Crippen LogP contribution in [0, 0.1) is 0 Å². The van der Waals surface area contributed by atoms with Crippen molar-refractivity contribution in [2.75, 3.05) is 0 Å². The van der Waals surface area contributed by atoms with Crippen molar-refractivity contribution in [3.8, 4) is 0 Å². The van der Waals surface area contributed by atoms with Gasteiger partial charge < -0.3 is 4.55 Å². The van der Waals surface area contributed by atoms with Crippen molar-refractivity contribution < 1.29 is 30.3 Å². The van der Waals surface area contributed by atoms with Crippen molar-refractivity contribution in [3.63, 3.8) is 0 Å². The van der Waals surface area contributed by atoms with Gasteiger partial charge in [0.05, 0.1) is 6.42 Å². The Bertz CT molecular complexity index is 455. The Kier molecular flexibility index (Phi) is 4.12. The average molecular weight is 269 g/mol. The SMILES string of the molecule is O=S(=O)([O-])OC(CC(F)(F)F)c1ccccc1. The van der Waals surface area contributed by atoms with Gasteiger partial charge in [0.15, 0.2) is 0 Å². The maximum Gasteiger partial charge on any atom is 0.391 e. The summed E-state index contributed by atoms with van der Waals surface area (Å²) < 4.78 is 71.5. The van der Waals surface area contributed by atoms with Gasteiger partial charge in [-0.1, -0.05) is 30.3 Å². The topological polar surface area (TPSA) is 66.4 Å². The van der Waals surface area contributed by atoms with Crippen LogP contribution in [-0.4, -0.2) is 19.1 Å². The van der Waals surface area contributed by atoms with Gasteiger partial charge in [-0.15, -0.1) is 0 Å². The second kappa shape index (κ2) is 5.03. The zero-order valence-corrected chi connectivity index (χ0v) is 9.16. The van der Waals surface area contributed by atoms with Gasteiger partial charge >= 0.3 is 6.18 Å². The van der Waals surface area contributed by atoms with Gasteiger partial charge in [0, 0.05) is 0 Å². The second-order valence-electron chi connectivity index (χ2n) is 3.22. The first-order valence-corrected chi connectivity index (χ1v) is 5.76. The van der Waals surface area contributed by atoms with Crippen LogP contribution in [0.2, 0.25) is 0 Å². The quantitative estimate of drug-likeness (QED) is 0.620. The molecule has 0 spiro atoms. The van der Waals surface area contributed by atoms with Gasteiger partial charge in [0.1, 0.15) is 6.10 Å². The van der Waals surface area contributed by atoms with E-state index in [-0.39, 0.29) is 5.56 Å². The summed E-state index contributed by atoms with van der Waals surface area (Å²) in [7, 11) is -5.19. The Hall–Kier alpha value is -1.12. The molecule has 0 heterocycles. The molecule has 0 aliphatic rings. The molecule has 0 fully saturated rings. The largest absolute Gasteiger partial charge is 0.726 e. The van der Waals surface area contributed by atoms with Gasteiger partial charge in [-0.05, 0) is 5.56 Å². The van der Waals surface area contributed by atoms with Crippen LogP contribution in [0.4, 0.5) is 13.2 Å². The fourth-order valence-electron chi connectivity index (χ4n) is 1.23. The number of alkyl halides is 3. The van der Waals surface area contributed by atoms with Crippen molar-refractivity contribution in [2.45, 2.75) is 18.7 Å². The Morgan fingerprint density at radius 1 is 1.24 bits per heavy atom. The minimum atomic E-state index is -5.19. The first-order valence-electron chi connectivity index (χ1n) is 4.43. The molecule has 0 saturated carbocycles. The molecule has 1 rings (SSSR count). The van der Waals surface area contributed by atoms with E-state index in [1.165, 1.54) is 24.3 Å². The van der Waals surface area contributed by atoms with E-state index in [9.17, 15) is 26.1 Å². The molecule has 17 heavy (non-hydrogen) atoms. The van der Waals surface area contributed by atoms with Crippen LogP contribution >= 0.6 is 0 Å². The summed E-state index contributed by atoms with van der Waals surface area (Å²) in [6, 6.07) is 6.88. The molecule has 0 radical (unpaired) electrons. The molecule has 0 bridgehead atoms. The Morgan fingerprint density at radius 3 is 2.18 bits per heavy atom. The molecule has 96 valence electrons. The van der Waals surface area contributed by atoms with E-state index < -0.39 is 29.1 Å². The summed E-state index contributed by atoms with van der Waals surface area (Å²) in [5.41, 5.74) is -0.0238. The molecule has 1 unspecified atom stereocenters. The van der Waals surface area contributed by atoms with Crippen molar-refractivity contribution >= 4 is 10.4 Å². The van der Waals surface area contributed by atoms with Gasteiger partial charge in [0.2, 0.25) is 10.4 Å². The molecule has 0 saturated heterocycles. The van der Waals surface area contributed by atoms with Gasteiger partial charge in [-0.2, -0.15) is 13.2 Å². The normalized spacial score (nSPS) is 14.6. The van der Waals surface area contributed by atoms with Gasteiger partial charge in [0.25, 0.3) is 0 Å². The fourth-order valence-corrected chi connectivity index (χ4v) is 1.69. The van der Waals surface area contributed by atoms with Crippen LogP contribution in [0.15, 0.2) is 30.3 Å². The molecule has 1 aromatic carbocycles. The highest BCUT2D eigenvalue weighted by Gasteiger charge is 2.34. The zero-order chi connectivity index (χ0) is 13.1. The van der Waals surface area contributed by atoms with E-state index in [2.05, 4.69) is 4.18 Å². The maximum atomic E-state index is 12.2. The summed E-state index contributed by atoms with van der Waals surface area (Å²) in [6.45, 7) is 0. The highest BCUT2D eigenvalue weighted by Crippen LogP contribution is 2.32. The van der Waals surface area contributed by atoms with Gasteiger partial charge in [-0.3, -0.25) is 4.18 Å². The lowest BCUT2D eigenvalue weighted by Crippen LogP contribution is -2.19. The molecule has 0 aliphatic carbocycles. The third-order valence-electron chi connectivity index (χ3n) is 1.82. The van der Waals surface area contributed by atoms with Crippen LogP contribution < -0.4 is 0 Å². The van der Waals surface area contributed by atoms with E-state index in [1.807, 2.05) is 0 Å². The summed E-state index contributed by atoms with van der Waals surface area (Å²) >= 11 is 0. The number of hydrogen-bond donors (Lipinski definition) is 0. The molecule has 4 nitrogen and oxygen atoms in total. The molecule has 1 atom stereocenters. The third kappa shape index (κ3) is 5.66. The number of rotatable bonds is 4. The van der Waals surface area contributed by atoms with Gasteiger partial charge in [-0.25, -0.2) is 8.42 Å². The van der Waals surface area contributed by atoms with Crippen LogP contribution in [0.5, 0.6) is 0 Å². The molecular formula is C9H8F3O4S-. The zero-order valence-electron chi connectivity index (χ0n) is 8.35. The first kappa shape index (κ1) is 13.9. The predicted octanol–water partition coefficient (Wildman–Crippen LogP) is 2.16. The van der Waals surface area contributed by atoms with Crippen LogP contribution in [-0.2, 0) is 14.6 Å². The fraction of sp³-hybridized carbons (Fsp3) is 0.333. The first-order chi connectivity index (χ1) is 7.67. The minimum absolute atomic E-state index is 0.0238. The third-order valence-corrected chi connectivity index (χ3v) is 2.29. The summed E-state index contributed by atoms with van der Waals surface area (Å²) in [5.74, 6) is 0. The highest BCUT2D eigenvalue weighted by atomic mass is 32.3. The monoisotopic (exact) mass is 269 g/mol. The number of benzene rings is 1. The second-order valence-corrected chi connectivity index (χ2v) is 4.23. The van der Waals surface area contributed by atoms with Crippen LogP contribution in [0.3, 0.4) is 0 Å². The van der Waals surface area contributed by atoms with Crippen molar-refractivity contribution in [1.29, 1.82) is 0 Å². The smallest absolute Gasteiger partial charge is 0.391 e. The summed E-state index contributed by atoms with van der Waals surface area (Å²) in [5, 5.41) is 0. The summed E-state index contributed by atoms with van der Waals surface area (Å²) in [4.78, 5) is 0. The summed E-state index contributed by atoms with van der Waals surface area (Å²) in [6.07, 6.45) is -8.03. The van der Waals surface area contributed by atoms with E-state index in [4.69, 9.17) is 0 Å². The Morgan fingerprint density at radius 2 is 1.76 bits per heavy atom. The standard InChI is InChI=1S/C9H9F3O4S/c10-9(11,12)6-8(16-17(13,14)15)7-4-2-1-3-5-7/h1-5,8H,6H2,(H,13,14,15)/p-1. The lowest BCUT2D eigenvalue weighted by atomic mass is 10.1. The van der Waals surface area contributed by atoms with Crippen LogP contribution in [0.25, 0.3) is 0 Å². The van der Waals surface area contributed by atoms with E-state index in [0.29, 0.717) is 0 Å². The molecular weight excluding hydrogens is 261 g/mol. The number of halogens is 3. The minimum Gasteiger partial charge on any atom is -0.726 e. The molecule has 0 aliphatic heterocycles. The average Bonchev–Trinajstić information content (AvgIpc) is 2.14. The van der Waals surface area contributed by atoms with E-state index >= 15 is 0 Å². The lowest BCUT2D eigenvalue weighted by molar-refractivity contribution is -0.151. The highest BCUT2D eigenvalue weighted by molar-refractivity contribution is 7.80. The van der Waals surface area contributed by atoms with Crippen LogP contribution in [0.1, 0.15) is 18.1 Å². The predicted molar refractivity (Wildman–Crippen MR) is 50.6 cm³/mol. The van der Waals surface area contributed by atoms with Crippen molar-refractivity contribution in [1.82, 2.24) is 0 Å². The lowest BCUT2D eigenvalue weighted by Gasteiger charge is -2.20. The van der Waals surface area contributed by atoms with Crippen molar-refractivity contribution in [3.05, 3.63) is 35.9 Å². The molecule has 8 heteroatoms. The Balaban J connectivity index is 2.95. The van der Waals surface area contributed by atoms with E-state index in [0.717, 1.165) is 0 Å². The van der Waals surface area contributed by atoms with Crippen molar-refractivity contribution in [2.24, 2.45) is 0 Å². The molecule has 1 aromatic rings. The molecule has 0 N–H and O–H groups in total. The maximum absolute atomic E-state index is 12.2. The molecule has 0 aromatic heterocycles.